The zero-order valence-electron chi connectivity index (χ0n) is 22.7. The van der Waals surface area contributed by atoms with Gasteiger partial charge in [0.05, 0.1) is 12.7 Å². The molecule has 7 heteroatoms. The lowest BCUT2D eigenvalue weighted by molar-refractivity contribution is -0.0555. The van der Waals surface area contributed by atoms with Crippen LogP contribution in [0.3, 0.4) is 0 Å². The van der Waals surface area contributed by atoms with Gasteiger partial charge in [-0.05, 0) is 52.5 Å². The van der Waals surface area contributed by atoms with E-state index in [0.717, 1.165) is 22.5 Å². The number of rotatable bonds is 10. The maximum atomic E-state index is 7.21. The van der Waals surface area contributed by atoms with Gasteiger partial charge in [0.25, 0.3) is 0 Å². The predicted octanol–water partition coefficient (Wildman–Crippen LogP) is 5.95. The van der Waals surface area contributed by atoms with Crippen molar-refractivity contribution in [1.82, 2.24) is 20.2 Å². The largest absolute Gasteiger partial charge is 0.415 e. The first-order valence-electron chi connectivity index (χ1n) is 12.9. The second-order valence-electron chi connectivity index (χ2n) is 10.8. The molecule has 0 spiro atoms. The van der Waals surface area contributed by atoms with Gasteiger partial charge in [-0.15, -0.1) is 5.10 Å². The normalized spacial score (nSPS) is 14.0. The molecule has 2 unspecified atom stereocenters. The predicted molar refractivity (Wildman–Crippen MR) is 150 cm³/mol. The van der Waals surface area contributed by atoms with Crippen LogP contribution in [0.1, 0.15) is 49.3 Å². The van der Waals surface area contributed by atoms with Gasteiger partial charge in [0, 0.05) is 0 Å². The Kier molecular flexibility index (Phi) is 8.37. The monoisotopic (exact) mass is 514 g/mol. The van der Waals surface area contributed by atoms with E-state index >= 15 is 0 Å². The lowest BCUT2D eigenvalue weighted by atomic mass is 9.79. The van der Waals surface area contributed by atoms with Crippen LogP contribution in [0.25, 0.3) is 0 Å². The first-order valence-corrected chi connectivity index (χ1v) is 15.7. The minimum atomic E-state index is -1.39. The van der Waals surface area contributed by atoms with Gasteiger partial charge in [-0.25, -0.2) is 4.68 Å². The highest BCUT2D eigenvalue weighted by atomic mass is 28.3. The van der Waals surface area contributed by atoms with Crippen molar-refractivity contribution in [1.29, 1.82) is 0 Å². The van der Waals surface area contributed by atoms with Crippen molar-refractivity contribution in [2.75, 3.05) is 6.61 Å². The lowest BCUT2D eigenvalue weighted by Gasteiger charge is -2.41. The molecular weight excluding hydrogens is 476 g/mol. The Labute approximate surface area is 222 Å². The first-order chi connectivity index (χ1) is 17.7. The summed E-state index contributed by atoms with van der Waals surface area (Å²) in [5.41, 5.74) is 2.20. The van der Waals surface area contributed by atoms with Gasteiger partial charge >= 0.3 is 0 Å². The van der Waals surface area contributed by atoms with Crippen LogP contribution in [-0.2, 0) is 14.8 Å². The molecule has 1 aromatic heterocycles. The molecule has 1 heterocycles. The standard InChI is InChI=1S/C30H38N4O2Si/c1-23-31-32-33-34(23)27(28(29(2,3)4)36-37(5)6)22-35-30(24-16-10-7-11-17-24,25-18-12-8-13-19-25)26-20-14-9-15-21-26/h7-21,27-28,37H,22H2,1-6H3. The smallest absolute Gasteiger partial charge is 0.171 e. The summed E-state index contributed by atoms with van der Waals surface area (Å²) in [5.74, 6) is 0.738. The molecule has 0 radical (unpaired) electrons. The fourth-order valence-corrected chi connectivity index (χ4v) is 6.15. The summed E-state index contributed by atoms with van der Waals surface area (Å²) in [5, 5.41) is 12.6. The highest BCUT2D eigenvalue weighted by Gasteiger charge is 2.42. The fourth-order valence-electron chi connectivity index (χ4n) is 4.98. The van der Waals surface area contributed by atoms with Crippen molar-refractivity contribution in [2.24, 2.45) is 5.41 Å². The van der Waals surface area contributed by atoms with Crippen LogP contribution in [0.4, 0.5) is 0 Å². The molecular formula is C30H38N4O2Si. The fraction of sp³-hybridized carbons (Fsp3) is 0.367. The average molecular weight is 515 g/mol. The Balaban J connectivity index is 1.88. The third-order valence-corrected chi connectivity index (χ3v) is 7.44. The second-order valence-corrected chi connectivity index (χ2v) is 13.2. The van der Waals surface area contributed by atoms with Gasteiger partial charge in [0.15, 0.2) is 9.04 Å². The Hall–Kier alpha value is -3.13. The lowest BCUT2D eigenvalue weighted by Crippen LogP contribution is -2.45. The summed E-state index contributed by atoms with van der Waals surface area (Å²) in [6.07, 6.45) is -0.138. The Bertz CT molecular complexity index is 1140. The number of tetrazole rings is 1. The summed E-state index contributed by atoms with van der Waals surface area (Å²) in [6.45, 7) is 13.3. The highest BCUT2D eigenvalue weighted by molar-refractivity contribution is 6.48. The molecule has 0 saturated carbocycles. The van der Waals surface area contributed by atoms with Gasteiger partial charge in [0.2, 0.25) is 0 Å². The quantitative estimate of drug-likeness (QED) is 0.193. The molecule has 0 bridgehead atoms. The maximum Gasteiger partial charge on any atom is 0.171 e. The molecule has 2 atom stereocenters. The second kappa shape index (κ2) is 11.5. The van der Waals surface area contributed by atoms with E-state index in [2.05, 4.69) is 122 Å². The van der Waals surface area contributed by atoms with Crippen LogP contribution >= 0.6 is 0 Å². The third kappa shape index (κ3) is 5.90. The van der Waals surface area contributed by atoms with Gasteiger partial charge in [0.1, 0.15) is 17.5 Å². The summed E-state index contributed by atoms with van der Waals surface area (Å²) in [6, 6.07) is 31.1. The molecule has 0 aliphatic heterocycles. The van der Waals surface area contributed by atoms with Crippen LogP contribution in [0.15, 0.2) is 91.0 Å². The molecule has 194 valence electrons. The van der Waals surface area contributed by atoms with Gasteiger partial charge in [-0.3, -0.25) is 0 Å². The number of hydrogen-bond donors (Lipinski definition) is 0. The average Bonchev–Trinajstić information content (AvgIpc) is 3.32. The molecule has 0 aliphatic carbocycles. The van der Waals surface area contributed by atoms with Crippen molar-refractivity contribution in [3.05, 3.63) is 114 Å². The van der Waals surface area contributed by atoms with Crippen LogP contribution in [0, 0.1) is 12.3 Å². The van der Waals surface area contributed by atoms with Crippen molar-refractivity contribution < 1.29 is 9.16 Å². The van der Waals surface area contributed by atoms with E-state index < -0.39 is 14.6 Å². The van der Waals surface area contributed by atoms with E-state index in [0.29, 0.717) is 6.61 Å². The molecule has 0 saturated heterocycles. The van der Waals surface area contributed by atoms with Gasteiger partial charge in [-0.2, -0.15) is 0 Å². The van der Waals surface area contributed by atoms with Crippen LogP contribution in [-0.4, -0.2) is 42.0 Å². The van der Waals surface area contributed by atoms with E-state index in [1.807, 2.05) is 29.8 Å². The minimum Gasteiger partial charge on any atom is -0.415 e. The molecule has 0 aliphatic rings. The molecule has 4 aromatic rings. The molecule has 37 heavy (non-hydrogen) atoms. The van der Waals surface area contributed by atoms with Crippen LogP contribution in [0.2, 0.25) is 13.1 Å². The topological polar surface area (TPSA) is 62.1 Å². The molecule has 0 fully saturated rings. The number of nitrogens with zero attached hydrogens (tertiary/aromatic N) is 4. The summed E-state index contributed by atoms with van der Waals surface area (Å²) >= 11 is 0. The van der Waals surface area contributed by atoms with E-state index in [-0.39, 0.29) is 17.6 Å². The number of ether oxygens (including phenoxy) is 1. The van der Waals surface area contributed by atoms with Crippen LogP contribution < -0.4 is 0 Å². The number of hydrogen-bond acceptors (Lipinski definition) is 5. The van der Waals surface area contributed by atoms with Crippen molar-refractivity contribution in [3.63, 3.8) is 0 Å². The van der Waals surface area contributed by atoms with E-state index in [1.54, 1.807) is 0 Å². The van der Waals surface area contributed by atoms with E-state index in [4.69, 9.17) is 9.16 Å². The Morgan fingerprint density at radius 2 is 1.24 bits per heavy atom. The molecule has 6 nitrogen and oxygen atoms in total. The number of aromatic nitrogens is 4. The summed E-state index contributed by atoms with van der Waals surface area (Å²) in [4.78, 5) is 0. The number of aryl methyl sites for hydroxylation is 1. The molecule has 4 rings (SSSR count). The van der Waals surface area contributed by atoms with Crippen LogP contribution in [0.5, 0.6) is 0 Å². The Morgan fingerprint density at radius 1 is 0.784 bits per heavy atom. The minimum absolute atomic E-state index is 0.138. The SMILES string of the molecule is Cc1nnnn1C(COC(c1ccccc1)(c1ccccc1)c1ccccc1)C(O[SiH](C)C)C(C)(C)C. The van der Waals surface area contributed by atoms with Gasteiger partial charge in [-0.1, -0.05) is 112 Å². The maximum absolute atomic E-state index is 7.21. The first kappa shape index (κ1) is 26.9. The zero-order chi connectivity index (χ0) is 26.5. The Morgan fingerprint density at radius 3 is 1.59 bits per heavy atom. The highest BCUT2D eigenvalue weighted by Crippen LogP contribution is 2.42. The molecule has 0 amide bonds. The van der Waals surface area contributed by atoms with E-state index in [1.165, 1.54) is 0 Å². The molecule has 3 aromatic carbocycles. The van der Waals surface area contributed by atoms with Crippen molar-refractivity contribution in [2.45, 2.75) is 58.5 Å². The summed E-state index contributed by atoms with van der Waals surface area (Å²) in [7, 11) is -1.39. The van der Waals surface area contributed by atoms with Gasteiger partial charge < -0.3 is 9.16 Å². The third-order valence-electron chi connectivity index (χ3n) is 6.60. The van der Waals surface area contributed by atoms with Crippen molar-refractivity contribution in [3.8, 4) is 0 Å². The summed E-state index contributed by atoms with van der Waals surface area (Å²) < 4.78 is 15.8. The molecule has 0 N–H and O–H groups in total. The number of benzene rings is 3. The van der Waals surface area contributed by atoms with E-state index in [9.17, 15) is 0 Å². The zero-order valence-corrected chi connectivity index (χ0v) is 23.9. The van der Waals surface area contributed by atoms with Crippen molar-refractivity contribution >= 4 is 9.04 Å².